The van der Waals surface area contributed by atoms with Crippen molar-refractivity contribution < 1.29 is 37.4 Å². The highest BCUT2D eigenvalue weighted by atomic mass is 19.3. The highest BCUT2D eigenvalue weighted by molar-refractivity contribution is 6.15. The second kappa shape index (κ2) is 10.1. The Morgan fingerprint density at radius 3 is 2.60 bits per heavy atom. The molecular weight excluding hydrogens is 462 g/mol. The van der Waals surface area contributed by atoms with Crippen LogP contribution in [0.2, 0.25) is 0 Å². The summed E-state index contributed by atoms with van der Waals surface area (Å²) in [5.74, 6) is -1.58. The van der Waals surface area contributed by atoms with Crippen LogP contribution in [0.4, 0.5) is 20.2 Å². The number of alkyl halides is 2. The molecule has 0 saturated heterocycles. The molecule has 35 heavy (non-hydrogen) atoms. The molecule has 1 fully saturated rings. The molecule has 2 amide bonds. The van der Waals surface area contributed by atoms with Crippen molar-refractivity contribution in [1.29, 1.82) is 0 Å². The summed E-state index contributed by atoms with van der Waals surface area (Å²) in [5, 5.41) is 2.89. The molecule has 0 bridgehead atoms. The van der Waals surface area contributed by atoms with Crippen LogP contribution in [-0.4, -0.2) is 43.7 Å². The number of hydrogen-bond acceptors (Lipinski definition) is 6. The number of anilines is 2. The fourth-order valence-electron chi connectivity index (χ4n) is 4.52. The summed E-state index contributed by atoms with van der Waals surface area (Å²) in [7, 11) is 1.30. The molecule has 0 radical (unpaired) electrons. The molecule has 0 atom stereocenters. The van der Waals surface area contributed by atoms with Gasteiger partial charge in [-0.1, -0.05) is 31.0 Å². The Morgan fingerprint density at radius 2 is 1.89 bits per heavy atom. The Kier molecular flexibility index (Phi) is 6.99. The lowest BCUT2D eigenvalue weighted by Gasteiger charge is -2.44. The summed E-state index contributed by atoms with van der Waals surface area (Å²) in [5.41, 5.74) is 0.580. The number of halogens is 2. The molecule has 0 unspecified atom stereocenters. The number of nitrogens with one attached hydrogen (secondary N) is 1. The van der Waals surface area contributed by atoms with Crippen LogP contribution in [0.5, 0.6) is 11.5 Å². The molecule has 1 heterocycles. The lowest BCUT2D eigenvalue weighted by Crippen LogP contribution is -2.61. The van der Waals surface area contributed by atoms with Crippen LogP contribution in [-0.2, 0) is 19.1 Å². The fourth-order valence-corrected chi connectivity index (χ4v) is 4.52. The first kappa shape index (κ1) is 24.2. The first-order valence-electron chi connectivity index (χ1n) is 11.1. The van der Waals surface area contributed by atoms with Crippen LogP contribution in [0.1, 0.15) is 31.2 Å². The van der Waals surface area contributed by atoms with E-state index in [2.05, 4.69) is 10.1 Å². The monoisotopic (exact) mass is 486 g/mol. The van der Waals surface area contributed by atoms with Crippen molar-refractivity contribution in [2.45, 2.75) is 37.8 Å². The highest BCUT2D eigenvalue weighted by Crippen LogP contribution is 2.45. The molecule has 2 aromatic carbocycles. The quantitative estimate of drug-likeness (QED) is 0.467. The standard InChI is InChI=1S/C25H24F2N2O6/c1-33-20-14-16(8-10-19(20)35-24(26)27)9-11-22(31)34-15-21(30)29-18-7-3-2-6-17(18)28-23(32)25(29)12-4-5-13-25/h2-3,6-11,14,24H,4-5,12-13,15H2,1H3,(H,28,32)/b11-9+. The van der Waals surface area contributed by atoms with E-state index in [1.165, 1.54) is 36.3 Å². The van der Waals surface area contributed by atoms with Crippen molar-refractivity contribution >= 4 is 35.2 Å². The van der Waals surface area contributed by atoms with Gasteiger partial charge >= 0.3 is 12.6 Å². The number of rotatable bonds is 7. The second-order valence-corrected chi connectivity index (χ2v) is 8.17. The Morgan fingerprint density at radius 1 is 1.14 bits per heavy atom. The van der Waals surface area contributed by atoms with Gasteiger partial charge in [-0.25, -0.2) is 4.79 Å². The third-order valence-corrected chi connectivity index (χ3v) is 6.08. The van der Waals surface area contributed by atoms with Gasteiger partial charge in [0.15, 0.2) is 18.1 Å². The van der Waals surface area contributed by atoms with Gasteiger partial charge in [0.1, 0.15) is 5.54 Å². The Balaban J connectivity index is 1.45. The number of carbonyl (C=O) groups is 3. The number of nitrogens with zero attached hydrogens (tertiary/aromatic N) is 1. The first-order chi connectivity index (χ1) is 16.8. The van der Waals surface area contributed by atoms with Crippen LogP contribution >= 0.6 is 0 Å². The van der Waals surface area contributed by atoms with Crippen LogP contribution in [0.25, 0.3) is 6.08 Å². The normalized spacial score (nSPS) is 16.3. The van der Waals surface area contributed by atoms with Crippen molar-refractivity contribution in [3.8, 4) is 11.5 Å². The Hall–Kier alpha value is -3.95. The van der Waals surface area contributed by atoms with Gasteiger partial charge in [-0.15, -0.1) is 0 Å². The molecule has 184 valence electrons. The summed E-state index contributed by atoms with van der Waals surface area (Å²) in [6.45, 7) is -3.55. The highest BCUT2D eigenvalue weighted by Gasteiger charge is 2.52. The zero-order chi connectivity index (χ0) is 25.0. The van der Waals surface area contributed by atoms with E-state index in [1.807, 2.05) is 0 Å². The van der Waals surface area contributed by atoms with Crippen LogP contribution < -0.4 is 19.7 Å². The minimum Gasteiger partial charge on any atom is -0.493 e. The number of para-hydroxylation sites is 2. The molecular formula is C25H24F2N2O6. The number of methoxy groups -OCH3 is 1. The topological polar surface area (TPSA) is 94.2 Å². The predicted molar refractivity (Wildman–Crippen MR) is 123 cm³/mol. The summed E-state index contributed by atoms with van der Waals surface area (Å²) < 4.78 is 39.5. The molecule has 10 heteroatoms. The molecule has 0 aromatic heterocycles. The Labute approximate surface area is 200 Å². The third kappa shape index (κ3) is 4.96. The number of ether oxygens (including phenoxy) is 3. The predicted octanol–water partition coefficient (Wildman–Crippen LogP) is 4.15. The first-order valence-corrected chi connectivity index (χ1v) is 11.1. The van der Waals surface area contributed by atoms with E-state index >= 15 is 0 Å². The minimum absolute atomic E-state index is 0.0693. The number of esters is 1. The molecule has 8 nitrogen and oxygen atoms in total. The van der Waals surface area contributed by atoms with E-state index in [0.717, 1.165) is 18.9 Å². The lowest BCUT2D eigenvalue weighted by molar-refractivity contribution is -0.143. The van der Waals surface area contributed by atoms with Gasteiger partial charge in [0.25, 0.3) is 11.8 Å². The van der Waals surface area contributed by atoms with E-state index in [0.29, 0.717) is 29.8 Å². The molecule has 2 aromatic rings. The maximum atomic E-state index is 13.2. The zero-order valence-corrected chi connectivity index (χ0v) is 19.0. The lowest BCUT2D eigenvalue weighted by atomic mass is 9.90. The van der Waals surface area contributed by atoms with E-state index in [-0.39, 0.29) is 17.4 Å². The van der Waals surface area contributed by atoms with Gasteiger partial charge < -0.3 is 19.5 Å². The van der Waals surface area contributed by atoms with Crippen LogP contribution in [0, 0.1) is 0 Å². The average Bonchev–Trinajstić information content (AvgIpc) is 3.32. The summed E-state index contributed by atoms with van der Waals surface area (Å²) in [4.78, 5) is 39.9. The maximum Gasteiger partial charge on any atom is 0.387 e. The van der Waals surface area contributed by atoms with Gasteiger partial charge in [0, 0.05) is 6.08 Å². The smallest absolute Gasteiger partial charge is 0.387 e. The number of carbonyl (C=O) groups excluding carboxylic acids is 3. The van der Waals surface area contributed by atoms with Gasteiger partial charge in [0.05, 0.1) is 18.5 Å². The van der Waals surface area contributed by atoms with Crippen molar-refractivity contribution in [3.63, 3.8) is 0 Å². The summed E-state index contributed by atoms with van der Waals surface area (Å²) in [6, 6.07) is 11.2. The largest absolute Gasteiger partial charge is 0.493 e. The van der Waals surface area contributed by atoms with Crippen molar-refractivity contribution in [1.82, 2.24) is 0 Å². The average molecular weight is 486 g/mol. The maximum absolute atomic E-state index is 13.2. The van der Waals surface area contributed by atoms with Crippen molar-refractivity contribution in [2.75, 3.05) is 23.9 Å². The second-order valence-electron chi connectivity index (χ2n) is 8.17. The number of benzene rings is 2. The number of amides is 2. The molecule has 1 saturated carbocycles. The van der Waals surface area contributed by atoms with Crippen LogP contribution in [0.3, 0.4) is 0 Å². The fraction of sp³-hybridized carbons (Fsp3) is 0.320. The van der Waals surface area contributed by atoms with E-state index in [1.54, 1.807) is 24.3 Å². The van der Waals surface area contributed by atoms with E-state index in [9.17, 15) is 23.2 Å². The number of hydrogen-bond donors (Lipinski definition) is 1. The minimum atomic E-state index is -3.00. The van der Waals surface area contributed by atoms with Gasteiger partial charge in [-0.2, -0.15) is 8.78 Å². The van der Waals surface area contributed by atoms with Crippen molar-refractivity contribution in [3.05, 3.63) is 54.1 Å². The molecule has 2 aliphatic rings. The SMILES string of the molecule is COc1cc(/C=C/C(=O)OCC(=O)N2c3ccccc3NC(=O)C23CCCC3)ccc1OC(F)F. The Bertz CT molecular complexity index is 1160. The van der Waals surface area contributed by atoms with E-state index < -0.39 is 30.6 Å². The molecule has 1 aliphatic carbocycles. The van der Waals surface area contributed by atoms with E-state index in [4.69, 9.17) is 9.47 Å². The molecule has 4 rings (SSSR count). The van der Waals surface area contributed by atoms with Crippen LogP contribution in [0.15, 0.2) is 48.5 Å². The number of fused-ring (bicyclic) bond motifs is 1. The van der Waals surface area contributed by atoms with Gasteiger partial charge in [-0.3, -0.25) is 14.5 Å². The van der Waals surface area contributed by atoms with Crippen molar-refractivity contribution in [2.24, 2.45) is 0 Å². The molecule has 1 N–H and O–H groups in total. The third-order valence-electron chi connectivity index (χ3n) is 6.08. The van der Waals surface area contributed by atoms with Gasteiger partial charge in [-0.05, 0) is 48.7 Å². The van der Waals surface area contributed by atoms with Gasteiger partial charge in [0.2, 0.25) is 0 Å². The molecule has 1 aliphatic heterocycles. The zero-order valence-electron chi connectivity index (χ0n) is 19.0. The summed E-state index contributed by atoms with van der Waals surface area (Å²) >= 11 is 0. The summed E-state index contributed by atoms with van der Waals surface area (Å²) in [6.07, 6.45) is 5.18. The molecule has 1 spiro atoms.